The van der Waals surface area contributed by atoms with Gasteiger partial charge in [0.1, 0.15) is 0 Å². The first-order valence-electron chi connectivity index (χ1n) is 7.91. The van der Waals surface area contributed by atoms with Crippen LogP contribution >= 0.6 is 11.8 Å². The van der Waals surface area contributed by atoms with Gasteiger partial charge in [0.05, 0.1) is 5.25 Å². The average molecular weight is 363 g/mol. The molecule has 2 rings (SSSR count). The van der Waals surface area contributed by atoms with E-state index >= 15 is 0 Å². The highest BCUT2D eigenvalue weighted by Gasteiger charge is 2.19. The molecular weight excluding hydrogens is 342 g/mol. The second-order valence-corrected chi connectivity index (χ2v) is 6.78. The van der Waals surface area contributed by atoms with Crippen LogP contribution in [0.3, 0.4) is 0 Å². The zero-order valence-corrected chi connectivity index (χ0v) is 15.1. The Labute approximate surface area is 149 Å². The van der Waals surface area contributed by atoms with Crippen molar-refractivity contribution in [3.8, 4) is 0 Å². The van der Waals surface area contributed by atoms with Crippen molar-refractivity contribution in [2.45, 2.75) is 44.1 Å². The molecule has 0 spiro atoms. The monoisotopic (exact) mass is 363 g/mol. The van der Waals surface area contributed by atoms with E-state index in [1.807, 2.05) is 6.92 Å². The molecule has 0 aliphatic rings. The number of benzene rings is 1. The molecule has 134 valence electrons. The van der Waals surface area contributed by atoms with Gasteiger partial charge in [0.2, 0.25) is 11.8 Å². The molecule has 0 radical (unpaired) electrons. The maximum Gasteiger partial charge on any atom is 0.343 e. The number of aromatic amines is 1. The molecule has 9 heteroatoms. The fraction of sp³-hybridized carbons (Fsp3) is 0.375. The summed E-state index contributed by atoms with van der Waals surface area (Å²) in [7, 11) is 0. The Bertz CT molecular complexity index is 797. The van der Waals surface area contributed by atoms with Crippen molar-refractivity contribution < 1.29 is 9.59 Å². The number of thioether (sulfide) groups is 1. The first kappa shape index (κ1) is 18.8. The van der Waals surface area contributed by atoms with E-state index in [2.05, 4.69) is 20.8 Å². The summed E-state index contributed by atoms with van der Waals surface area (Å²) in [4.78, 5) is 35.0. The molecule has 8 nitrogen and oxygen atoms in total. The maximum absolute atomic E-state index is 12.3. The van der Waals surface area contributed by atoms with Crippen molar-refractivity contribution in [1.29, 1.82) is 0 Å². The molecule has 0 saturated heterocycles. The van der Waals surface area contributed by atoms with Crippen molar-refractivity contribution in [1.82, 2.24) is 14.8 Å². The fourth-order valence-corrected chi connectivity index (χ4v) is 2.99. The van der Waals surface area contributed by atoms with Gasteiger partial charge in [-0.15, -0.1) is 5.10 Å². The highest BCUT2D eigenvalue weighted by Crippen LogP contribution is 2.22. The third kappa shape index (κ3) is 5.21. The highest BCUT2D eigenvalue weighted by molar-refractivity contribution is 8.00. The van der Waals surface area contributed by atoms with Crippen LogP contribution in [0.1, 0.15) is 27.2 Å². The fourth-order valence-electron chi connectivity index (χ4n) is 2.11. The number of carbonyl (C=O) groups excluding carboxylic acids is 2. The Morgan fingerprint density at radius 1 is 1.24 bits per heavy atom. The number of H-pyrrole nitrogens is 1. The highest BCUT2D eigenvalue weighted by atomic mass is 32.2. The van der Waals surface area contributed by atoms with Gasteiger partial charge >= 0.3 is 5.69 Å². The number of nitrogens with zero attached hydrogens (tertiary/aromatic N) is 2. The summed E-state index contributed by atoms with van der Waals surface area (Å²) < 4.78 is 1.52. The van der Waals surface area contributed by atoms with Gasteiger partial charge in [-0.05, 0) is 37.6 Å². The minimum absolute atomic E-state index is 0.154. The number of hydrogen-bond donors (Lipinski definition) is 3. The standard InChI is InChI=1S/C16H21N5O3S/c1-4-9-21-15(24)19-20-16(21)25-10(2)14(23)18-13-7-5-12(6-8-13)17-11(3)22/h5-8,10H,4,9H2,1-3H3,(H,17,22)(H,18,23)(H,19,24)/t10-/m0/s1. The average Bonchev–Trinajstić information content (AvgIpc) is 2.90. The molecule has 1 aromatic carbocycles. The smallest absolute Gasteiger partial charge is 0.326 e. The van der Waals surface area contributed by atoms with E-state index in [0.29, 0.717) is 23.1 Å². The summed E-state index contributed by atoms with van der Waals surface area (Å²) >= 11 is 1.22. The van der Waals surface area contributed by atoms with E-state index in [9.17, 15) is 14.4 Å². The number of carbonyl (C=O) groups is 2. The molecule has 0 aliphatic heterocycles. The van der Waals surface area contributed by atoms with Crippen LogP contribution in [0.2, 0.25) is 0 Å². The lowest BCUT2D eigenvalue weighted by Crippen LogP contribution is -2.24. The van der Waals surface area contributed by atoms with E-state index in [1.165, 1.54) is 23.3 Å². The number of anilines is 2. The topological polar surface area (TPSA) is 109 Å². The first-order valence-corrected chi connectivity index (χ1v) is 8.79. The number of rotatable bonds is 7. The molecule has 0 bridgehead atoms. The molecule has 1 aromatic heterocycles. The minimum atomic E-state index is -0.430. The van der Waals surface area contributed by atoms with Gasteiger partial charge in [-0.3, -0.25) is 14.2 Å². The van der Waals surface area contributed by atoms with Crippen LogP contribution in [0.4, 0.5) is 11.4 Å². The van der Waals surface area contributed by atoms with Gasteiger partial charge in [0.25, 0.3) is 0 Å². The van der Waals surface area contributed by atoms with E-state index in [-0.39, 0.29) is 17.5 Å². The SMILES string of the molecule is CCCn1c(S[C@@H](C)C(=O)Nc2ccc(NC(C)=O)cc2)n[nH]c1=O. The summed E-state index contributed by atoms with van der Waals surface area (Å²) in [5.41, 5.74) is 1.01. The van der Waals surface area contributed by atoms with Gasteiger partial charge in [-0.1, -0.05) is 18.7 Å². The molecule has 25 heavy (non-hydrogen) atoms. The molecule has 2 amide bonds. The third-order valence-corrected chi connectivity index (χ3v) is 4.38. The normalized spacial score (nSPS) is 11.8. The number of aromatic nitrogens is 3. The molecule has 3 N–H and O–H groups in total. The molecule has 0 fully saturated rings. The van der Waals surface area contributed by atoms with E-state index < -0.39 is 5.25 Å². The molecular formula is C16H21N5O3S. The Morgan fingerprint density at radius 3 is 2.40 bits per heavy atom. The van der Waals surface area contributed by atoms with Crippen molar-refractivity contribution in [3.05, 3.63) is 34.7 Å². The lowest BCUT2D eigenvalue weighted by Gasteiger charge is -2.12. The second-order valence-electron chi connectivity index (χ2n) is 5.47. The van der Waals surface area contributed by atoms with Gasteiger partial charge < -0.3 is 10.6 Å². The number of amides is 2. The van der Waals surface area contributed by atoms with Crippen LogP contribution in [-0.2, 0) is 16.1 Å². The number of nitrogens with one attached hydrogen (secondary N) is 3. The number of hydrogen-bond acceptors (Lipinski definition) is 5. The zero-order chi connectivity index (χ0) is 18.4. The quantitative estimate of drug-likeness (QED) is 0.653. The zero-order valence-electron chi connectivity index (χ0n) is 14.3. The van der Waals surface area contributed by atoms with Crippen LogP contribution < -0.4 is 16.3 Å². The van der Waals surface area contributed by atoms with Crippen LogP contribution in [0.15, 0.2) is 34.2 Å². The first-order chi connectivity index (χ1) is 11.9. The molecule has 0 aliphatic carbocycles. The van der Waals surface area contributed by atoms with Crippen LogP contribution in [0, 0.1) is 0 Å². The van der Waals surface area contributed by atoms with Gasteiger partial charge in [0.15, 0.2) is 5.16 Å². The summed E-state index contributed by atoms with van der Waals surface area (Å²) in [6, 6.07) is 6.84. The largest absolute Gasteiger partial charge is 0.343 e. The van der Waals surface area contributed by atoms with Crippen molar-refractivity contribution >= 4 is 35.0 Å². The lowest BCUT2D eigenvalue weighted by atomic mass is 10.2. The van der Waals surface area contributed by atoms with E-state index in [4.69, 9.17) is 0 Å². The van der Waals surface area contributed by atoms with Crippen LogP contribution in [0.5, 0.6) is 0 Å². The Hall–Kier alpha value is -2.55. The maximum atomic E-state index is 12.3. The predicted molar refractivity (Wildman–Crippen MR) is 97.8 cm³/mol. The van der Waals surface area contributed by atoms with Gasteiger partial charge in [-0.2, -0.15) is 0 Å². The van der Waals surface area contributed by atoms with E-state index in [0.717, 1.165) is 6.42 Å². The van der Waals surface area contributed by atoms with Crippen LogP contribution in [-0.4, -0.2) is 31.8 Å². The van der Waals surface area contributed by atoms with Crippen molar-refractivity contribution in [2.24, 2.45) is 0 Å². The Morgan fingerprint density at radius 2 is 1.84 bits per heavy atom. The summed E-state index contributed by atoms with van der Waals surface area (Å²) in [5.74, 6) is -0.352. The molecule has 1 atom stereocenters. The summed E-state index contributed by atoms with van der Waals surface area (Å²) in [5, 5.41) is 11.9. The summed E-state index contributed by atoms with van der Waals surface area (Å²) in [6.45, 7) is 5.70. The van der Waals surface area contributed by atoms with Crippen molar-refractivity contribution in [2.75, 3.05) is 10.6 Å². The van der Waals surface area contributed by atoms with E-state index in [1.54, 1.807) is 31.2 Å². The minimum Gasteiger partial charge on any atom is -0.326 e. The Kier molecular flexibility index (Phi) is 6.40. The molecule has 0 unspecified atom stereocenters. The van der Waals surface area contributed by atoms with Crippen molar-refractivity contribution in [3.63, 3.8) is 0 Å². The lowest BCUT2D eigenvalue weighted by molar-refractivity contribution is -0.115. The third-order valence-electron chi connectivity index (χ3n) is 3.29. The molecule has 0 saturated carbocycles. The van der Waals surface area contributed by atoms with Gasteiger partial charge in [0, 0.05) is 24.8 Å². The molecule has 2 aromatic rings. The summed E-state index contributed by atoms with van der Waals surface area (Å²) in [6.07, 6.45) is 0.800. The molecule has 1 heterocycles. The van der Waals surface area contributed by atoms with Gasteiger partial charge in [-0.25, -0.2) is 9.89 Å². The second kappa shape index (κ2) is 8.52. The predicted octanol–water partition coefficient (Wildman–Crippen LogP) is 2.06. The Balaban J connectivity index is 1.98. The van der Waals surface area contributed by atoms with Crippen LogP contribution in [0.25, 0.3) is 0 Å².